The molecule has 2 unspecified atom stereocenters. The molecule has 1 saturated heterocycles. The Bertz CT molecular complexity index is 915. The third-order valence-electron chi connectivity index (χ3n) is 6.42. The highest BCUT2D eigenvalue weighted by Crippen LogP contribution is 2.39. The van der Waals surface area contributed by atoms with Gasteiger partial charge < -0.3 is 10.1 Å². The number of pyridine rings is 1. The second-order valence-electron chi connectivity index (χ2n) is 9.55. The van der Waals surface area contributed by atoms with Crippen LogP contribution in [0.2, 0.25) is 0 Å². The predicted molar refractivity (Wildman–Crippen MR) is 124 cm³/mol. The number of aromatic nitrogens is 1. The van der Waals surface area contributed by atoms with Crippen LogP contribution in [-0.4, -0.2) is 67.8 Å². The lowest BCUT2D eigenvalue weighted by Gasteiger charge is -2.39. The molecule has 1 fully saturated rings. The summed E-state index contributed by atoms with van der Waals surface area (Å²) in [5, 5.41) is 3.49. The molecular weight excluding hydrogens is 388 g/mol. The minimum atomic E-state index is -0.105. The molecule has 1 aromatic heterocycles. The van der Waals surface area contributed by atoms with Crippen LogP contribution < -0.4 is 10.2 Å². The molecule has 1 amide bonds. The summed E-state index contributed by atoms with van der Waals surface area (Å²) in [6, 6.07) is 15.2. The lowest BCUT2D eigenvalue weighted by molar-refractivity contribution is -0.121. The van der Waals surface area contributed by atoms with Crippen LogP contribution in [0.4, 0.5) is 5.82 Å². The summed E-state index contributed by atoms with van der Waals surface area (Å²) in [5.41, 5.74) is 3.27. The topological polar surface area (TPSA) is 57.7 Å². The summed E-state index contributed by atoms with van der Waals surface area (Å²) < 4.78 is 5.40. The Morgan fingerprint density at radius 1 is 1.23 bits per heavy atom. The van der Waals surface area contributed by atoms with Crippen molar-refractivity contribution in [3.05, 3.63) is 59.3 Å². The maximum atomic E-state index is 13.5. The van der Waals surface area contributed by atoms with Gasteiger partial charge in [0.05, 0.1) is 13.2 Å². The Balaban J connectivity index is 1.55. The maximum Gasteiger partial charge on any atom is 0.242 e. The average molecular weight is 423 g/mol. The number of nitrogens with one attached hydrogen (secondary N) is 1. The van der Waals surface area contributed by atoms with Crippen molar-refractivity contribution >= 4 is 11.7 Å². The number of carbonyl (C=O) groups excluding carboxylic acids is 1. The molecule has 2 aliphatic rings. The van der Waals surface area contributed by atoms with Crippen molar-refractivity contribution in [2.75, 3.05) is 44.8 Å². The number of fused-ring (bicyclic) bond motifs is 1. The van der Waals surface area contributed by atoms with Gasteiger partial charge in [-0.15, -0.1) is 0 Å². The van der Waals surface area contributed by atoms with Crippen molar-refractivity contribution in [1.29, 1.82) is 0 Å². The van der Waals surface area contributed by atoms with E-state index in [1.807, 2.05) is 23.1 Å². The van der Waals surface area contributed by atoms with Gasteiger partial charge in [0.1, 0.15) is 5.82 Å². The highest BCUT2D eigenvalue weighted by molar-refractivity contribution is 5.96. The molecule has 6 heteroatoms. The van der Waals surface area contributed by atoms with E-state index >= 15 is 0 Å². The summed E-state index contributed by atoms with van der Waals surface area (Å²) in [6.45, 7) is 9.90. The smallest absolute Gasteiger partial charge is 0.242 e. The largest absolute Gasteiger partial charge is 0.383 e. The molecule has 2 aliphatic heterocycles. The van der Waals surface area contributed by atoms with Gasteiger partial charge >= 0.3 is 0 Å². The van der Waals surface area contributed by atoms with E-state index in [-0.39, 0.29) is 17.4 Å². The molecule has 0 bridgehead atoms. The molecule has 0 radical (unpaired) electrons. The van der Waals surface area contributed by atoms with Gasteiger partial charge in [0.25, 0.3) is 0 Å². The lowest BCUT2D eigenvalue weighted by Crippen LogP contribution is -2.59. The minimum absolute atomic E-state index is 0.105. The van der Waals surface area contributed by atoms with Crippen molar-refractivity contribution in [3.8, 4) is 0 Å². The second-order valence-corrected chi connectivity index (χ2v) is 9.55. The van der Waals surface area contributed by atoms with Gasteiger partial charge in [-0.25, -0.2) is 4.98 Å². The molecule has 0 spiro atoms. The monoisotopic (exact) mass is 422 g/mol. The molecule has 0 saturated carbocycles. The lowest BCUT2D eigenvalue weighted by atomic mass is 9.88. The van der Waals surface area contributed by atoms with Crippen molar-refractivity contribution in [1.82, 2.24) is 15.2 Å². The first-order valence-corrected chi connectivity index (χ1v) is 11.2. The fourth-order valence-electron chi connectivity index (χ4n) is 4.73. The number of amides is 1. The van der Waals surface area contributed by atoms with E-state index in [1.54, 1.807) is 7.11 Å². The van der Waals surface area contributed by atoms with E-state index in [9.17, 15) is 4.79 Å². The Morgan fingerprint density at radius 3 is 2.74 bits per heavy atom. The number of methoxy groups -OCH3 is 1. The number of hydrogen-bond donors (Lipinski definition) is 1. The Kier molecular flexibility index (Phi) is 6.42. The van der Waals surface area contributed by atoms with Crippen LogP contribution >= 0.6 is 0 Å². The number of piperazine rings is 1. The minimum Gasteiger partial charge on any atom is -0.383 e. The maximum absolute atomic E-state index is 13.5. The molecule has 1 N–H and O–H groups in total. The van der Waals surface area contributed by atoms with Gasteiger partial charge in [-0.3, -0.25) is 14.6 Å². The van der Waals surface area contributed by atoms with E-state index in [1.165, 1.54) is 5.56 Å². The van der Waals surface area contributed by atoms with E-state index in [4.69, 9.17) is 9.72 Å². The van der Waals surface area contributed by atoms with Crippen LogP contribution in [0.25, 0.3) is 0 Å². The van der Waals surface area contributed by atoms with Crippen LogP contribution in [0.15, 0.2) is 42.5 Å². The molecule has 2 atom stereocenters. The van der Waals surface area contributed by atoms with E-state index in [0.29, 0.717) is 25.7 Å². The van der Waals surface area contributed by atoms with E-state index < -0.39 is 0 Å². The Labute approximate surface area is 185 Å². The van der Waals surface area contributed by atoms with Gasteiger partial charge in [-0.2, -0.15) is 0 Å². The number of nitrogens with zero attached hydrogens (tertiary/aromatic N) is 3. The first-order chi connectivity index (χ1) is 14.9. The number of rotatable bonds is 6. The Hall–Kier alpha value is -2.28. The molecule has 6 nitrogen and oxygen atoms in total. The summed E-state index contributed by atoms with van der Waals surface area (Å²) in [4.78, 5) is 22.6. The zero-order chi connectivity index (χ0) is 22.0. The molecule has 0 aliphatic carbocycles. The molecular formula is C25H34N4O2. The van der Waals surface area contributed by atoms with E-state index in [2.05, 4.69) is 55.3 Å². The SMILES string of the molecule is COCC1CNC(C)CN1CC(=O)N1CC(C)(C)c2ccc(Cc3ccccc3)nc21. The molecule has 166 valence electrons. The quantitative estimate of drug-likeness (QED) is 0.776. The molecule has 31 heavy (non-hydrogen) atoms. The van der Waals surface area contributed by atoms with Crippen LogP contribution in [0, 0.1) is 0 Å². The van der Waals surface area contributed by atoms with E-state index in [0.717, 1.165) is 36.6 Å². The molecule has 2 aromatic rings. The third kappa shape index (κ3) is 4.81. The van der Waals surface area contributed by atoms with Gasteiger partial charge in [-0.05, 0) is 18.6 Å². The molecule has 3 heterocycles. The van der Waals surface area contributed by atoms with Gasteiger partial charge in [0.2, 0.25) is 5.91 Å². The van der Waals surface area contributed by atoms with Crippen molar-refractivity contribution in [3.63, 3.8) is 0 Å². The fourth-order valence-corrected chi connectivity index (χ4v) is 4.73. The second kappa shape index (κ2) is 9.07. The number of hydrogen-bond acceptors (Lipinski definition) is 5. The number of ether oxygens (including phenoxy) is 1. The Morgan fingerprint density at radius 2 is 2.00 bits per heavy atom. The van der Waals surface area contributed by atoms with Crippen LogP contribution in [-0.2, 0) is 21.4 Å². The van der Waals surface area contributed by atoms with Crippen LogP contribution in [0.1, 0.15) is 37.6 Å². The van der Waals surface area contributed by atoms with Crippen LogP contribution in [0.5, 0.6) is 0 Å². The number of benzene rings is 1. The zero-order valence-electron chi connectivity index (χ0n) is 19.1. The number of anilines is 1. The highest BCUT2D eigenvalue weighted by atomic mass is 16.5. The van der Waals surface area contributed by atoms with Crippen LogP contribution in [0.3, 0.4) is 0 Å². The summed E-state index contributed by atoms with van der Waals surface area (Å²) >= 11 is 0. The number of carbonyl (C=O) groups is 1. The van der Waals surface area contributed by atoms with Crippen molar-refractivity contribution in [2.24, 2.45) is 0 Å². The van der Waals surface area contributed by atoms with Crippen molar-refractivity contribution in [2.45, 2.75) is 44.7 Å². The van der Waals surface area contributed by atoms with Gasteiger partial charge in [-0.1, -0.05) is 50.2 Å². The molecule has 1 aromatic carbocycles. The zero-order valence-corrected chi connectivity index (χ0v) is 19.1. The third-order valence-corrected chi connectivity index (χ3v) is 6.42. The fraction of sp³-hybridized carbons (Fsp3) is 0.520. The first kappa shape index (κ1) is 21.9. The summed E-state index contributed by atoms with van der Waals surface area (Å²) in [5.74, 6) is 0.946. The predicted octanol–water partition coefficient (Wildman–Crippen LogP) is 2.61. The van der Waals surface area contributed by atoms with Gasteiger partial charge in [0, 0.05) is 61.9 Å². The van der Waals surface area contributed by atoms with Crippen molar-refractivity contribution < 1.29 is 9.53 Å². The summed E-state index contributed by atoms with van der Waals surface area (Å²) in [7, 11) is 1.72. The first-order valence-electron chi connectivity index (χ1n) is 11.2. The summed E-state index contributed by atoms with van der Waals surface area (Å²) in [6.07, 6.45) is 0.766. The average Bonchev–Trinajstić information content (AvgIpc) is 3.01. The standard InChI is InChI=1S/C25H34N4O2/c1-18-14-28(21(13-26-18)16-31-4)15-23(30)29-17-25(2,3)22-11-10-20(27-24(22)29)12-19-8-6-5-7-9-19/h5-11,18,21,26H,12-17H2,1-4H3. The molecule has 4 rings (SSSR count). The van der Waals surface area contributed by atoms with Gasteiger partial charge in [0.15, 0.2) is 0 Å². The highest BCUT2D eigenvalue weighted by Gasteiger charge is 2.40. The normalized spacial score (nSPS) is 23.0.